The van der Waals surface area contributed by atoms with E-state index in [1.165, 1.54) is 70.4 Å². The van der Waals surface area contributed by atoms with Gasteiger partial charge in [0, 0.05) is 43.6 Å². The first-order chi connectivity index (χ1) is 15.1. The Morgan fingerprint density at radius 2 is 1.87 bits per heavy atom. The maximum atomic E-state index is 6.64. The fourth-order valence-corrected chi connectivity index (χ4v) is 7.99. The predicted octanol–water partition coefficient (Wildman–Crippen LogP) is 3.24. The highest BCUT2D eigenvalue weighted by Gasteiger charge is 2.53. The van der Waals surface area contributed by atoms with Crippen LogP contribution in [0.4, 0.5) is 5.95 Å². The highest BCUT2D eigenvalue weighted by Crippen LogP contribution is 2.52. The van der Waals surface area contributed by atoms with E-state index in [-0.39, 0.29) is 5.41 Å². The monoisotopic (exact) mass is 421 g/mol. The number of hydrogen-bond acceptors (Lipinski definition) is 6. The minimum atomic E-state index is 0.0437. The van der Waals surface area contributed by atoms with E-state index in [1.54, 1.807) is 0 Å². The van der Waals surface area contributed by atoms with Gasteiger partial charge in [-0.25, -0.2) is 9.97 Å². The highest BCUT2D eigenvalue weighted by molar-refractivity contribution is 5.82. The number of hydrogen-bond donors (Lipinski definition) is 1. The molecule has 7 unspecified atom stereocenters. The number of aryl methyl sites for hydroxylation is 1. The van der Waals surface area contributed by atoms with Crippen molar-refractivity contribution in [3.05, 3.63) is 17.0 Å². The summed E-state index contributed by atoms with van der Waals surface area (Å²) in [5.74, 6) is 4.53. The Balaban J connectivity index is 1.42. The van der Waals surface area contributed by atoms with Crippen LogP contribution in [0.3, 0.4) is 0 Å². The largest absolute Gasteiger partial charge is 0.457 e. The number of piperidine rings is 2. The maximum absolute atomic E-state index is 6.64. The molecule has 4 bridgehead atoms. The Hall–Kier alpha value is -1.66. The molecule has 0 spiro atoms. The summed E-state index contributed by atoms with van der Waals surface area (Å²) in [6.45, 7) is 9.74. The van der Waals surface area contributed by atoms with Gasteiger partial charge >= 0.3 is 0 Å². The summed E-state index contributed by atoms with van der Waals surface area (Å²) in [6, 6.07) is 0. The average molecular weight is 422 g/mol. The Morgan fingerprint density at radius 1 is 1.03 bits per heavy atom. The van der Waals surface area contributed by atoms with Gasteiger partial charge < -0.3 is 20.0 Å². The van der Waals surface area contributed by atoms with Gasteiger partial charge in [-0.15, -0.1) is 0 Å². The topological polar surface area (TPSA) is 71.4 Å². The fourth-order valence-electron chi connectivity index (χ4n) is 7.99. The van der Waals surface area contributed by atoms with Crippen molar-refractivity contribution in [3.63, 3.8) is 0 Å². The molecule has 0 amide bonds. The van der Waals surface area contributed by atoms with Crippen LogP contribution in [0.25, 0.3) is 11.1 Å². The molecule has 0 saturated carbocycles. The molecular weight excluding hydrogens is 386 g/mol. The van der Waals surface area contributed by atoms with Gasteiger partial charge in [0.05, 0.1) is 5.69 Å². The second-order valence-electron chi connectivity index (χ2n) is 11.6. The smallest absolute Gasteiger partial charge is 0.221 e. The number of nitrogen functional groups attached to an aromatic ring is 1. The van der Waals surface area contributed by atoms with Crippen LogP contribution in [0.5, 0.6) is 0 Å². The van der Waals surface area contributed by atoms with Gasteiger partial charge in [-0.05, 0) is 75.3 Å². The molecule has 2 N–H and O–H groups in total. The molecule has 6 nitrogen and oxygen atoms in total. The van der Waals surface area contributed by atoms with E-state index < -0.39 is 0 Å². The van der Waals surface area contributed by atoms with Gasteiger partial charge in [-0.2, -0.15) is 0 Å². The van der Waals surface area contributed by atoms with Crippen LogP contribution in [0, 0.1) is 23.7 Å². The standard InChI is InChI=1S/C25H35N5O/c1-15-2-3-20-19(8-15)21-22(31-20)23(28-24(26)27-21)25(10-17-5-7-30(12-17)14-25)18-9-16-4-6-29(11-16)13-18/h15-18H,2-14H2,1H3,(H2,26,27,28). The molecule has 4 saturated heterocycles. The number of rotatable bonds is 2. The fraction of sp³-hybridized carbons (Fsp3) is 0.760. The third kappa shape index (κ3) is 2.83. The summed E-state index contributed by atoms with van der Waals surface area (Å²) in [7, 11) is 0. The lowest BCUT2D eigenvalue weighted by atomic mass is 9.62. The molecule has 6 heterocycles. The number of fused-ring (bicyclic) bond motifs is 7. The van der Waals surface area contributed by atoms with Gasteiger partial charge in [0.2, 0.25) is 5.95 Å². The summed E-state index contributed by atoms with van der Waals surface area (Å²) in [5, 5.41) is 0. The molecule has 0 radical (unpaired) electrons. The highest BCUT2D eigenvalue weighted by atomic mass is 16.3. The molecule has 0 aromatic carbocycles. The van der Waals surface area contributed by atoms with Crippen molar-refractivity contribution in [3.8, 4) is 0 Å². The zero-order valence-corrected chi connectivity index (χ0v) is 18.8. The van der Waals surface area contributed by atoms with E-state index in [2.05, 4.69) is 16.7 Å². The van der Waals surface area contributed by atoms with E-state index in [9.17, 15) is 0 Å². The first-order valence-corrected chi connectivity index (χ1v) is 12.6. The number of furan rings is 1. The first kappa shape index (κ1) is 18.9. The number of nitrogens with zero attached hydrogens (tertiary/aromatic N) is 4. The molecule has 7 rings (SSSR count). The normalized spacial score (nSPS) is 41.6. The summed E-state index contributed by atoms with van der Waals surface area (Å²) < 4.78 is 6.64. The van der Waals surface area contributed by atoms with Crippen LogP contribution in [-0.4, -0.2) is 59.0 Å². The Kier molecular flexibility index (Phi) is 4.06. The molecule has 2 aromatic heterocycles. The minimum Gasteiger partial charge on any atom is -0.457 e. The van der Waals surface area contributed by atoms with Gasteiger partial charge in [-0.3, -0.25) is 0 Å². The molecule has 1 aliphatic carbocycles. The summed E-state index contributed by atoms with van der Waals surface area (Å²) >= 11 is 0. The van der Waals surface area contributed by atoms with Crippen molar-refractivity contribution in [2.75, 3.05) is 45.0 Å². The Morgan fingerprint density at radius 3 is 2.74 bits per heavy atom. The number of nitrogens with two attached hydrogens (primary N) is 1. The molecule has 5 aliphatic rings. The van der Waals surface area contributed by atoms with Gasteiger partial charge in [0.1, 0.15) is 11.3 Å². The second-order valence-corrected chi connectivity index (χ2v) is 11.6. The third-order valence-electron chi connectivity index (χ3n) is 9.40. The molecule has 4 fully saturated rings. The van der Waals surface area contributed by atoms with Crippen LogP contribution in [0.2, 0.25) is 0 Å². The van der Waals surface area contributed by atoms with E-state index in [0.29, 0.717) is 17.8 Å². The average Bonchev–Trinajstić information content (AvgIpc) is 3.41. The second kappa shape index (κ2) is 6.67. The molecule has 4 aliphatic heterocycles. The lowest BCUT2D eigenvalue weighted by molar-refractivity contribution is 0.0579. The van der Waals surface area contributed by atoms with Crippen molar-refractivity contribution in [2.45, 2.75) is 57.3 Å². The van der Waals surface area contributed by atoms with Gasteiger partial charge in [0.25, 0.3) is 0 Å². The quantitative estimate of drug-likeness (QED) is 0.803. The zero-order valence-electron chi connectivity index (χ0n) is 18.8. The molecule has 166 valence electrons. The van der Waals surface area contributed by atoms with Gasteiger partial charge in [0.15, 0.2) is 5.58 Å². The SMILES string of the molecule is CC1CCc2oc3c(C4(C5CC6CCN(C6)C5)CC5CCN(C5)C4)nc(N)nc3c2C1. The van der Waals surface area contributed by atoms with E-state index in [0.717, 1.165) is 53.8 Å². The van der Waals surface area contributed by atoms with Crippen LogP contribution < -0.4 is 5.73 Å². The van der Waals surface area contributed by atoms with Crippen molar-refractivity contribution in [1.82, 2.24) is 19.8 Å². The van der Waals surface area contributed by atoms with Crippen LogP contribution >= 0.6 is 0 Å². The van der Waals surface area contributed by atoms with E-state index in [1.807, 2.05) is 0 Å². The molecule has 7 atom stereocenters. The first-order valence-electron chi connectivity index (χ1n) is 12.6. The molecular formula is C25H35N5O. The Bertz CT molecular complexity index is 1010. The lowest BCUT2D eigenvalue weighted by Crippen LogP contribution is -2.54. The van der Waals surface area contributed by atoms with E-state index >= 15 is 0 Å². The van der Waals surface area contributed by atoms with Gasteiger partial charge in [-0.1, -0.05) is 6.92 Å². The third-order valence-corrected chi connectivity index (χ3v) is 9.40. The van der Waals surface area contributed by atoms with Crippen LogP contribution in [0.1, 0.15) is 56.0 Å². The van der Waals surface area contributed by atoms with Crippen molar-refractivity contribution < 1.29 is 4.42 Å². The van der Waals surface area contributed by atoms with Crippen molar-refractivity contribution in [2.24, 2.45) is 23.7 Å². The summed E-state index contributed by atoms with van der Waals surface area (Å²) in [5.41, 5.74) is 10.9. The van der Waals surface area contributed by atoms with Crippen molar-refractivity contribution >= 4 is 17.0 Å². The van der Waals surface area contributed by atoms with E-state index in [4.69, 9.17) is 20.1 Å². The lowest BCUT2D eigenvalue weighted by Gasteiger charge is -2.49. The van der Waals surface area contributed by atoms with Crippen LogP contribution in [-0.2, 0) is 18.3 Å². The molecule has 2 aromatic rings. The molecule has 31 heavy (non-hydrogen) atoms. The number of anilines is 1. The zero-order chi connectivity index (χ0) is 20.7. The minimum absolute atomic E-state index is 0.0437. The van der Waals surface area contributed by atoms with Crippen LogP contribution in [0.15, 0.2) is 4.42 Å². The molecule has 6 heteroatoms. The Labute approximate surface area is 184 Å². The maximum Gasteiger partial charge on any atom is 0.221 e. The van der Waals surface area contributed by atoms with Crippen molar-refractivity contribution in [1.29, 1.82) is 0 Å². The summed E-state index contributed by atoms with van der Waals surface area (Å²) in [6.07, 6.45) is 8.55. The number of aromatic nitrogens is 2. The summed E-state index contributed by atoms with van der Waals surface area (Å²) in [4.78, 5) is 15.2. The predicted molar refractivity (Wildman–Crippen MR) is 121 cm³/mol.